The van der Waals surface area contributed by atoms with E-state index in [1.807, 2.05) is 0 Å². The first-order valence-electron chi connectivity index (χ1n) is 4.97. The van der Waals surface area contributed by atoms with Crippen molar-refractivity contribution >= 4 is 23.2 Å². The Balaban J connectivity index is 2.37. The van der Waals surface area contributed by atoms with Gasteiger partial charge < -0.3 is 9.26 Å². The van der Waals surface area contributed by atoms with Crippen LogP contribution in [0.4, 0.5) is 0 Å². The Labute approximate surface area is 108 Å². The van der Waals surface area contributed by atoms with Gasteiger partial charge in [-0.3, -0.25) is 0 Å². The Hall–Kier alpha value is -1.26. The third-order valence-corrected chi connectivity index (χ3v) is 2.61. The Morgan fingerprint density at radius 3 is 2.94 bits per heavy atom. The number of rotatable bonds is 4. The normalized spacial score (nSPS) is 10.5. The van der Waals surface area contributed by atoms with E-state index < -0.39 is 0 Å². The molecule has 17 heavy (non-hydrogen) atoms. The molecular weight excluding hydrogens is 263 g/mol. The summed E-state index contributed by atoms with van der Waals surface area (Å²) in [5.74, 6) is 2.03. The molecule has 2 rings (SSSR count). The van der Waals surface area contributed by atoms with Gasteiger partial charge in [0.05, 0.1) is 12.7 Å². The molecule has 1 heterocycles. The van der Waals surface area contributed by atoms with E-state index in [9.17, 15) is 0 Å². The van der Waals surface area contributed by atoms with E-state index in [0.717, 1.165) is 5.56 Å². The summed E-state index contributed by atoms with van der Waals surface area (Å²) >= 11 is 11.5. The van der Waals surface area contributed by atoms with Crippen LogP contribution in [0, 0.1) is 0 Å². The van der Waals surface area contributed by atoms with Crippen molar-refractivity contribution in [2.24, 2.45) is 0 Å². The molecule has 0 aliphatic heterocycles. The average Bonchev–Trinajstić information content (AvgIpc) is 2.78. The second-order valence-electron chi connectivity index (χ2n) is 3.30. The molecule has 0 saturated carbocycles. The lowest BCUT2D eigenvalue weighted by Crippen LogP contribution is -1.90. The molecule has 0 bridgehead atoms. The fraction of sp³-hybridized carbons (Fsp3) is 0.273. The number of hydrogen-bond donors (Lipinski definition) is 0. The van der Waals surface area contributed by atoms with E-state index in [2.05, 4.69) is 10.1 Å². The maximum absolute atomic E-state index is 5.88. The molecule has 90 valence electrons. The van der Waals surface area contributed by atoms with E-state index in [4.69, 9.17) is 32.5 Å². The summed E-state index contributed by atoms with van der Waals surface area (Å²) in [7, 11) is 1.56. The summed E-state index contributed by atoms with van der Waals surface area (Å²) < 4.78 is 10.3. The van der Waals surface area contributed by atoms with Crippen LogP contribution in [0.1, 0.15) is 5.89 Å². The maximum atomic E-state index is 5.88. The van der Waals surface area contributed by atoms with E-state index in [-0.39, 0.29) is 0 Å². The zero-order valence-corrected chi connectivity index (χ0v) is 10.6. The van der Waals surface area contributed by atoms with Gasteiger partial charge in [-0.1, -0.05) is 16.8 Å². The first-order valence-corrected chi connectivity index (χ1v) is 5.88. The number of aryl methyl sites for hydroxylation is 1. The molecule has 0 aliphatic rings. The van der Waals surface area contributed by atoms with Crippen LogP contribution >= 0.6 is 23.2 Å². The van der Waals surface area contributed by atoms with Gasteiger partial charge in [0.1, 0.15) is 5.75 Å². The Morgan fingerprint density at radius 1 is 1.41 bits per heavy atom. The minimum atomic E-state index is 0.444. The van der Waals surface area contributed by atoms with Gasteiger partial charge in [-0.05, 0) is 18.2 Å². The molecule has 0 unspecified atom stereocenters. The molecule has 6 heteroatoms. The minimum Gasteiger partial charge on any atom is -0.496 e. The monoisotopic (exact) mass is 272 g/mol. The fourth-order valence-corrected chi connectivity index (χ4v) is 1.72. The lowest BCUT2D eigenvalue weighted by molar-refractivity contribution is 0.382. The highest BCUT2D eigenvalue weighted by molar-refractivity contribution is 6.30. The van der Waals surface area contributed by atoms with Crippen molar-refractivity contribution < 1.29 is 9.26 Å². The molecule has 0 atom stereocenters. The van der Waals surface area contributed by atoms with Crippen molar-refractivity contribution in [3.8, 4) is 17.1 Å². The van der Waals surface area contributed by atoms with Crippen LogP contribution in [0.5, 0.6) is 5.75 Å². The first kappa shape index (κ1) is 12.2. The van der Waals surface area contributed by atoms with Crippen LogP contribution in [0.2, 0.25) is 5.02 Å². The Morgan fingerprint density at radius 2 is 2.24 bits per heavy atom. The molecule has 0 radical (unpaired) electrons. The van der Waals surface area contributed by atoms with Gasteiger partial charge in [0.2, 0.25) is 11.7 Å². The molecule has 2 aromatic rings. The topological polar surface area (TPSA) is 48.2 Å². The highest BCUT2D eigenvalue weighted by atomic mass is 35.5. The molecule has 0 amide bonds. The van der Waals surface area contributed by atoms with Crippen molar-refractivity contribution in [3.63, 3.8) is 0 Å². The smallest absolute Gasteiger partial charge is 0.228 e. The van der Waals surface area contributed by atoms with E-state index in [0.29, 0.717) is 34.8 Å². The molecular formula is C11H10Cl2N2O2. The van der Waals surface area contributed by atoms with Crippen molar-refractivity contribution in [2.75, 3.05) is 13.0 Å². The van der Waals surface area contributed by atoms with Gasteiger partial charge in [0.15, 0.2) is 0 Å². The van der Waals surface area contributed by atoms with Crippen LogP contribution in [0.25, 0.3) is 11.4 Å². The third-order valence-electron chi connectivity index (χ3n) is 2.18. The summed E-state index contributed by atoms with van der Waals surface area (Å²) in [6.45, 7) is 0. The van der Waals surface area contributed by atoms with Crippen molar-refractivity contribution in [1.29, 1.82) is 0 Å². The summed E-state index contributed by atoms with van der Waals surface area (Å²) in [6.07, 6.45) is 0.546. The number of aromatic nitrogens is 2. The zero-order chi connectivity index (χ0) is 12.3. The predicted molar refractivity (Wildman–Crippen MR) is 65.7 cm³/mol. The highest BCUT2D eigenvalue weighted by Crippen LogP contribution is 2.30. The molecule has 4 nitrogen and oxygen atoms in total. The maximum Gasteiger partial charge on any atom is 0.228 e. The van der Waals surface area contributed by atoms with Gasteiger partial charge in [-0.2, -0.15) is 4.98 Å². The van der Waals surface area contributed by atoms with Crippen molar-refractivity contribution in [2.45, 2.75) is 6.42 Å². The molecule has 0 saturated heterocycles. The molecule has 1 aromatic heterocycles. The lowest BCUT2D eigenvalue weighted by Gasteiger charge is -2.04. The summed E-state index contributed by atoms with van der Waals surface area (Å²) in [4.78, 5) is 4.22. The second kappa shape index (κ2) is 5.38. The molecule has 0 spiro atoms. The summed E-state index contributed by atoms with van der Waals surface area (Å²) in [5.41, 5.74) is 0.737. The number of hydrogen-bond acceptors (Lipinski definition) is 4. The van der Waals surface area contributed by atoms with E-state index in [1.54, 1.807) is 25.3 Å². The average molecular weight is 273 g/mol. The van der Waals surface area contributed by atoms with Gasteiger partial charge in [-0.25, -0.2) is 0 Å². The number of ether oxygens (including phenoxy) is 1. The van der Waals surface area contributed by atoms with Gasteiger partial charge >= 0.3 is 0 Å². The first-order chi connectivity index (χ1) is 8.24. The van der Waals surface area contributed by atoms with Crippen molar-refractivity contribution in [3.05, 3.63) is 29.1 Å². The van der Waals surface area contributed by atoms with Gasteiger partial charge in [0.25, 0.3) is 0 Å². The quantitative estimate of drug-likeness (QED) is 0.803. The number of halogens is 2. The molecule has 1 aromatic carbocycles. The van der Waals surface area contributed by atoms with Crippen molar-refractivity contribution in [1.82, 2.24) is 10.1 Å². The largest absolute Gasteiger partial charge is 0.496 e. The van der Waals surface area contributed by atoms with Crippen LogP contribution in [0.15, 0.2) is 22.7 Å². The predicted octanol–water partition coefficient (Wildman–Crippen LogP) is 3.18. The minimum absolute atomic E-state index is 0.444. The highest BCUT2D eigenvalue weighted by Gasteiger charge is 2.13. The van der Waals surface area contributed by atoms with E-state index in [1.165, 1.54) is 0 Å². The standard InChI is InChI=1S/C11H10Cl2N2O2/c1-16-9-6-7(13)2-3-8(9)11-14-10(4-5-12)17-15-11/h2-3,6H,4-5H2,1H3. The fourth-order valence-electron chi connectivity index (χ4n) is 1.40. The Bertz CT molecular complexity index is 514. The Kier molecular flexibility index (Phi) is 3.86. The zero-order valence-electron chi connectivity index (χ0n) is 9.11. The molecule has 0 N–H and O–H groups in total. The summed E-state index contributed by atoms with van der Waals surface area (Å²) in [6, 6.07) is 5.24. The number of methoxy groups -OCH3 is 1. The van der Waals surface area contributed by atoms with E-state index >= 15 is 0 Å². The van der Waals surface area contributed by atoms with Crippen LogP contribution in [-0.2, 0) is 6.42 Å². The molecule has 0 aliphatic carbocycles. The second-order valence-corrected chi connectivity index (χ2v) is 4.11. The van der Waals surface area contributed by atoms with Gasteiger partial charge in [0, 0.05) is 17.3 Å². The van der Waals surface area contributed by atoms with Gasteiger partial charge in [-0.15, -0.1) is 11.6 Å². The van der Waals surface area contributed by atoms with Crippen LogP contribution < -0.4 is 4.74 Å². The third kappa shape index (κ3) is 2.70. The molecule has 0 fully saturated rings. The SMILES string of the molecule is COc1cc(Cl)ccc1-c1noc(CCCl)n1. The van der Waals surface area contributed by atoms with Crippen LogP contribution in [0.3, 0.4) is 0 Å². The number of alkyl halides is 1. The van der Waals surface area contributed by atoms with Crippen LogP contribution in [-0.4, -0.2) is 23.1 Å². The summed E-state index contributed by atoms with van der Waals surface area (Å²) in [5, 5.41) is 4.47. The number of benzene rings is 1. The number of nitrogens with zero attached hydrogens (tertiary/aromatic N) is 2. The lowest BCUT2D eigenvalue weighted by atomic mass is 10.2.